The van der Waals surface area contributed by atoms with Crippen LogP contribution in [0.15, 0.2) is 24.3 Å². The standard InChI is InChI=1S/C12H13ClOS/c13-11-3-1-9(2-4-11)12(7-14)10-5-6-15-8-10/h1-4,7,10,12H,5-6,8H2. The minimum absolute atomic E-state index is 0.0530. The zero-order valence-electron chi connectivity index (χ0n) is 8.36. The van der Waals surface area contributed by atoms with Gasteiger partial charge in [0.15, 0.2) is 0 Å². The number of benzene rings is 1. The molecule has 1 nitrogen and oxygen atoms in total. The van der Waals surface area contributed by atoms with E-state index in [1.54, 1.807) is 0 Å². The first kappa shape index (κ1) is 11.0. The van der Waals surface area contributed by atoms with Crippen molar-refractivity contribution in [3.63, 3.8) is 0 Å². The summed E-state index contributed by atoms with van der Waals surface area (Å²) in [6.07, 6.45) is 2.23. The first-order valence-electron chi connectivity index (χ1n) is 5.10. The van der Waals surface area contributed by atoms with E-state index < -0.39 is 0 Å². The molecule has 0 spiro atoms. The fourth-order valence-corrected chi connectivity index (χ4v) is 3.42. The zero-order valence-corrected chi connectivity index (χ0v) is 9.93. The zero-order chi connectivity index (χ0) is 10.7. The van der Waals surface area contributed by atoms with Crippen molar-refractivity contribution in [2.24, 2.45) is 5.92 Å². The van der Waals surface area contributed by atoms with Crippen molar-refractivity contribution in [1.82, 2.24) is 0 Å². The summed E-state index contributed by atoms with van der Waals surface area (Å²) in [6, 6.07) is 7.64. The lowest BCUT2D eigenvalue weighted by Crippen LogP contribution is -2.13. The summed E-state index contributed by atoms with van der Waals surface area (Å²) in [4.78, 5) is 11.1. The van der Waals surface area contributed by atoms with Crippen molar-refractivity contribution >= 4 is 29.6 Å². The number of carbonyl (C=O) groups is 1. The van der Waals surface area contributed by atoms with Gasteiger partial charge in [-0.1, -0.05) is 23.7 Å². The highest BCUT2D eigenvalue weighted by Crippen LogP contribution is 2.34. The number of hydrogen-bond donors (Lipinski definition) is 0. The van der Waals surface area contributed by atoms with Crippen LogP contribution in [0.25, 0.3) is 0 Å². The lowest BCUT2D eigenvalue weighted by molar-refractivity contribution is -0.109. The van der Waals surface area contributed by atoms with E-state index in [0.29, 0.717) is 5.92 Å². The maximum atomic E-state index is 11.1. The number of carbonyl (C=O) groups excluding carboxylic acids is 1. The van der Waals surface area contributed by atoms with Gasteiger partial charge in [0, 0.05) is 10.9 Å². The molecule has 1 saturated heterocycles. The van der Waals surface area contributed by atoms with E-state index in [1.807, 2.05) is 36.0 Å². The van der Waals surface area contributed by atoms with Crippen molar-refractivity contribution in [2.75, 3.05) is 11.5 Å². The van der Waals surface area contributed by atoms with Crippen LogP contribution in [-0.4, -0.2) is 17.8 Å². The van der Waals surface area contributed by atoms with Crippen LogP contribution >= 0.6 is 23.4 Å². The number of thioether (sulfide) groups is 1. The molecule has 3 heteroatoms. The van der Waals surface area contributed by atoms with Gasteiger partial charge in [0.05, 0.1) is 0 Å². The average molecular weight is 241 g/mol. The van der Waals surface area contributed by atoms with E-state index in [4.69, 9.17) is 11.6 Å². The molecule has 0 saturated carbocycles. The Bertz CT molecular complexity index is 330. The molecule has 0 aromatic heterocycles. The molecule has 1 aromatic rings. The molecule has 1 fully saturated rings. The summed E-state index contributed by atoms with van der Waals surface area (Å²) in [5.74, 6) is 2.85. The number of rotatable bonds is 3. The van der Waals surface area contributed by atoms with Gasteiger partial charge in [-0.25, -0.2) is 0 Å². The predicted octanol–water partition coefficient (Wildman–Crippen LogP) is 3.38. The third-order valence-corrected chi connectivity index (χ3v) is 4.31. The SMILES string of the molecule is O=CC(c1ccc(Cl)cc1)C1CCSC1. The van der Waals surface area contributed by atoms with Gasteiger partial charge in [-0.05, 0) is 41.5 Å². The van der Waals surface area contributed by atoms with Gasteiger partial charge in [-0.15, -0.1) is 0 Å². The highest BCUT2D eigenvalue weighted by molar-refractivity contribution is 7.99. The fraction of sp³-hybridized carbons (Fsp3) is 0.417. The normalized spacial score (nSPS) is 22.6. The Morgan fingerprint density at radius 1 is 1.40 bits per heavy atom. The van der Waals surface area contributed by atoms with Gasteiger partial charge in [0.2, 0.25) is 0 Å². The van der Waals surface area contributed by atoms with Crippen molar-refractivity contribution < 1.29 is 4.79 Å². The largest absolute Gasteiger partial charge is 0.303 e. The van der Waals surface area contributed by atoms with Gasteiger partial charge in [-0.2, -0.15) is 11.8 Å². The predicted molar refractivity (Wildman–Crippen MR) is 65.7 cm³/mol. The lowest BCUT2D eigenvalue weighted by atomic mass is 9.87. The topological polar surface area (TPSA) is 17.1 Å². The summed E-state index contributed by atoms with van der Waals surface area (Å²) in [7, 11) is 0. The average Bonchev–Trinajstić information content (AvgIpc) is 2.75. The first-order chi connectivity index (χ1) is 7.31. The van der Waals surface area contributed by atoms with E-state index in [2.05, 4.69) is 0 Å². The molecule has 0 aliphatic carbocycles. The van der Waals surface area contributed by atoms with Crippen LogP contribution in [0.2, 0.25) is 5.02 Å². The molecule has 1 aliphatic heterocycles. The second-order valence-electron chi connectivity index (χ2n) is 3.84. The molecule has 1 heterocycles. The third-order valence-electron chi connectivity index (χ3n) is 2.87. The van der Waals surface area contributed by atoms with Crippen LogP contribution in [0.5, 0.6) is 0 Å². The highest BCUT2D eigenvalue weighted by atomic mass is 35.5. The second kappa shape index (κ2) is 5.04. The molecule has 1 aromatic carbocycles. The van der Waals surface area contributed by atoms with Crippen LogP contribution in [-0.2, 0) is 4.79 Å². The molecule has 2 atom stereocenters. The maximum absolute atomic E-state index is 11.1. The quantitative estimate of drug-likeness (QED) is 0.754. The molecule has 2 rings (SSSR count). The number of hydrogen-bond acceptors (Lipinski definition) is 2. The number of halogens is 1. The molecular formula is C12H13ClOS. The molecular weight excluding hydrogens is 228 g/mol. The summed E-state index contributed by atoms with van der Waals surface area (Å²) < 4.78 is 0. The minimum atomic E-state index is 0.0530. The van der Waals surface area contributed by atoms with E-state index in [-0.39, 0.29) is 5.92 Å². The van der Waals surface area contributed by atoms with Gasteiger partial charge in [-0.3, -0.25) is 0 Å². The van der Waals surface area contributed by atoms with Crippen LogP contribution in [0, 0.1) is 5.92 Å². The fourth-order valence-electron chi connectivity index (χ4n) is 1.98. The Kier molecular flexibility index (Phi) is 3.71. The van der Waals surface area contributed by atoms with Gasteiger partial charge in [0.25, 0.3) is 0 Å². The Labute approximate surface area is 99.2 Å². The summed E-state index contributed by atoms with van der Waals surface area (Å²) >= 11 is 7.77. The van der Waals surface area contributed by atoms with E-state index in [1.165, 1.54) is 5.75 Å². The molecule has 0 amide bonds. The van der Waals surface area contributed by atoms with Crippen LogP contribution < -0.4 is 0 Å². The number of aldehydes is 1. The van der Waals surface area contributed by atoms with Crippen LogP contribution in [0.3, 0.4) is 0 Å². The van der Waals surface area contributed by atoms with Gasteiger partial charge < -0.3 is 4.79 Å². The lowest BCUT2D eigenvalue weighted by Gasteiger charge is -2.17. The van der Waals surface area contributed by atoms with Crippen molar-refractivity contribution in [1.29, 1.82) is 0 Å². The van der Waals surface area contributed by atoms with E-state index >= 15 is 0 Å². The van der Waals surface area contributed by atoms with Crippen LogP contribution in [0.4, 0.5) is 0 Å². The van der Waals surface area contributed by atoms with E-state index in [0.717, 1.165) is 29.0 Å². The molecule has 80 valence electrons. The summed E-state index contributed by atoms with van der Waals surface area (Å²) in [5, 5.41) is 0.726. The minimum Gasteiger partial charge on any atom is -0.303 e. The molecule has 0 radical (unpaired) electrons. The van der Waals surface area contributed by atoms with Gasteiger partial charge >= 0.3 is 0 Å². The Morgan fingerprint density at radius 3 is 2.67 bits per heavy atom. The molecule has 15 heavy (non-hydrogen) atoms. The monoisotopic (exact) mass is 240 g/mol. The molecule has 1 aliphatic rings. The third kappa shape index (κ3) is 2.56. The summed E-state index contributed by atoms with van der Waals surface area (Å²) in [5.41, 5.74) is 1.10. The maximum Gasteiger partial charge on any atom is 0.127 e. The van der Waals surface area contributed by atoms with Gasteiger partial charge in [0.1, 0.15) is 6.29 Å². The Hall–Kier alpha value is -0.470. The highest BCUT2D eigenvalue weighted by Gasteiger charge is 2.26. The Morgan fingerprint density at radius 2 is 2.13 bits per heavy atom. The van der Waals surface area contributed by atoms with Crippen LogP contribution in [0.1, 0.15) is 17.9 Å². The molecule has 0 bridgehead atoms. The molecule has 0 N–H and O–H groups in total. The van der Waals surface area contributed by atoms with Crippen molar-refractivity contribution in [3.05, 3.63) is 34.9 Å². The van der Waals surface area contributed by atoms with E-state index in [9.17, 15) is 4.79 Å². The second-order valence-corrected chi connectivity index (χ2v) is 5.42. The van der Waals surface area contributed by atoms with Crippen molar-refractivity contribution in [3.8, 4) is 0 Å². The first-order valence-corrected chi connectivity index (χ1v) is 6.63. The smallest absolute Gasteiger partial charge is 0.127 e. The summed E-state index contributed by atoms with van der Waals surface area (Å²) in [6.45, 7) is 0. The Balaban J connectivity index is 2.18. The van der Waals surface area contributed by atoms with Crippen molar-refractivity contribution in [2.45, 2.75) is 12.3 Å². The molecule has 2 unspecified atom stereocenters.